The van der Waals surface area contributed by atoms with Crippen molar-refractivity contribution in [2.75, 3.05) is 7.11 Å². The van der Waals surface area contributed by atoms with Gasteiger partial charge in [0.25, 0.3) is 0 Å². The van der Waals surface area contributed by atoms with Gasteiger partial charge >= 0.3 is 5.97 Å². The van der Waals surface area contributed by atoms with Crippen molar-refractivity contribution in [3.8, 4) is 5.75 Å². The van der Waals surface area contributed by atoms with Crippen LogP contribution in [0.5, 0.6) is 5.75 Å². The monoisotopic (exact) mass is 262 g/mol. The molecular weight excluding hydrogens is 248 g/mol. The van der Waals surface area contributed by atoms with Crippen LogP contribution in [-0.2, 0) is 18.0 Å². The first-order valence-corrected chi connectivity index (χ1v) is 5.73. The molecule has 1 N–H and O–H groups in total. The van der Waals surface area contributed by atoms with Crippen LogP contribution in [0.15, 0.2) is 40.8 Å². The number of aliphatic hydroxyl groups is 1. The standard InChI is InChI=1S/C14H14O5/c1-17-14(16)13-7-6-11(19-13)9-18-12-5-3-2-4-10(12)8-15/h2-7,15H,8-9H2,1H3. The molecular formula is C14H14O5. The maximum absolute atomic E-state index is 11.2. The molecule has 1 aromatic carbocycles. The molecule has 19 heavy (non-hydrogen) atoms. The van der Waals surface area contributed by atoms with Gasteiger partial charge in [0.05, 0.1) is 13.7 Å². The van der Waals surface area contributed by atoms with Crippen LogP contribution in [0.1, 0.15) is 21.9 Å². The molecule has 2 rings (SSSR count). The van der Waals surface area contributed by atoms with Gasteiger partial charge in [-0.05, 0) is 18.2 Å². The summed E-state index contributed by atoms with van der Waals surface area (Å²) in [6.45, 7) is 0.0791. The summed E-state index contributed by atoms with van der Waals surface area (Å²) >= 11 is 0. The predicted octanol–water partition coefficient (Wildman–Crippen LogP) is 2.14. The van der Waals surface area contributed by atoms with Gasteiger partial charge in [-0.25, -0.2) is 4.79 Å². The predicted molar refractivity (Wildman–Crippen MR) is 66.7 cm³/mol. The zero-order valence-corrected chi connectivity index (χ0v) is 10.5. The second-order valence-electron chi connectivity index (χ2n) is 3.81. The summed E-state index contributed by atoms with van der Waals surface area (Å²) < 4.78 is 15.3. The Hall–Kier alpha value is -2.27. The molecule has 0 bridgehead atoms. The van der Waals surface area contributed by atoms with Gasteiger partial charge in [-0.3, -0.25) is 0 Å². The highest BCUT2D eigenvalue weighted by Crippen LogP contribution is 2.19. The lowest BCUT2D eigenvalue weighted by Gasteiger charge is -2.08. The van der Waals surface area contributed by atoms with Gasteiger partial charge in [-0.2, -0.15) is 0 Å². The fourth-order valence-corrected chi connectivity index (χ4v) is 1.59. The van der Waals surface area contributed by atoms with Gasteiger partial charge in [0.1, 0.15) is 18.1 Å². The molecule has 0 fully saturated rings. The van der Waals surface area contributed by atoms with E-state index in [1.165, 1.54) is 13.2 Å². The highest BCUT2D eigenvalue weighted by molar-refractivity contribution is 5.86. The summed E-state index contributed by atoms with van der Waals surface area (Å²) in [5.41, 5.74) is 0.697. The van der Waals surface area contributed by atoms with E-state index in [9.17, 15) is 4.79 Å². The van der Waals surface area contributed by atoms with Crippen LogP contribution in [0.2, 0.25) is 0 Å². The Morgan fingerprint density at radius 1 is 1.26 bits per heavy atom. The molecule has 0 aliphatic rings. The first-order chi connectivity index (χ1) is 9.24. The van der Waals surface area contributed by atoms with E-state index in [4.69, 9.17) is 14.3 Å². The minimum Gasteiger partial charge on any atom is -0.485 e. The number of para-hydroxylation sites is 1. The maximum Gasteiger partial charge on any atom is 0.373 e. The largest absolute Gasteiger partial charge is 0.485 e. The molecule has 0 spiro atoms. The molecule has 0 atom stereocenters. The number of furan rings is 1. The second kappa shape index (κ2) is 6.06. The van der Waals surface area contributed by atoms with E-state index in [-0.39, 0.29) is 19.0 Å². The number of hydrogen-bond acceptors (Lipinski definition) is 5. The molecule has 0 aliphatic carbocycles. The number of esters is 1. The van der Waals surface area contributed by atoms with E-state index in [1.807, 2.05) is 12.1 Å². The van der Waals surface area contributed by atoms with Gasteiger partial charge in [-0.1, -0.05) is 18.2 Å². The van der Waals surface area contributed by atoms with Crippen molar-refractivity contribution in [2.45, 2.75) is 13.2 Å². The minimum atomic E-state index is -0.526. The summed E-state index contributed by atoms with van der Waals surface area (Å²) in [7, 11) is 1.29. The van der Waals surface area contributed by atoms with Crippen molar-refractivity contribution in [2.24, 2.45) is 0 Å². The second-order valence-corrected chi connectivity index (χ2v) is 3.81. The lowest BCUT2D eigenvalue weighted by Crippen LogP contribution is -1.99. The summed E-state index contributed by atoms with van der Waals surface area (Å²) in [5.74, 6) is 0.702. The number of aliphatic hydroxyl groups excluding tert-OH is 1. The summed E-state index contributed by atoms with van der Waals surface area (Å²) in [5, 5.41) is 9.16. The van der Waals surface area contributed by atoms with E-state index >= 15 is 0 Å². The Balaban J connectivity index is 2.02. The third-order valence-electron chi connectivity index (χ3n) is 2.56. The fourth-order valence-electron chi connectivity index (χ4n) is 1.59. The molecule has 1 aromatic heterocycles. The topological polar surface area (TPSA) is 68.9 Å². The quantitative estimate of drug-likeness (QED) is 0.836. The average Bonchev–Trinajstić information content (AvgIpc) is 2.93. The molecule has 0 aliphatic heterocycles. The van der Waals surface area contributed by atoms with Crippen molar-refractivity contribution in [1.29, 1.82) is 0 Å². The van der Waals surface area contributed by atoms with Crippen molar-refractivity contribution in [3.05, 3.63) is 53.5 Å². The zero-order valence-electron chi connectivity index (χ0n) is 10.5. The van der Waals surface area contributed by atoms with Gasteiger partial charge < -0.3 is 19.0 Å². The van der Waals surface area contributed by atoms with Gasteiger partial charge in [0, 0.05) is 5.56 Å². The van der Waals surface area contributed by atoms with Gasteiger partial charge in [0.15, 0.2) is 0 Å². The normalized spacial score (nSPS) is 10.2. The molecule has 2 aromatic rings. The SMILES string of the molecule is COC(=O)c1ccc(COc2ccccc2CO)o1. The van der Waals surface area contributed by atoms with Crippen LogP contribution < -0.4 is 4.74 Å². The van der Waals surface area contributed by atoms with Crippen molar-refractivity contribution in [1.82, 2.24) is 0 Å². The molecule has 1 heterocycles. The van der Waals surface area contributed by atoms with Crippen molar-refractivity contribution >= 4 is 5.97 Å². The summed E-state index contributed by atoms with van der Waals surface area (Å²) in [6.07, 6.45) is 0. The molecule has 0 saturated heterocycles. The van der Waals surface area contributed by atoms with E-state index in [2.05, 4.69) is 4.74 Å². The first-order valence-electron chi connectivity index (χ1n) is 5.73. The number of rotatable bonds is 5. The van der Waals surface area contributed by atoms with E-state index < -0.39 is 5.97 Å². The smallest absolute Gasteiger partial charge is 0.373 e. The van der Waals surface area contributed by atoms with Gasteiger partial charge in [0.2, 0.25) is 5.76 Å². The number of ether oxygens (including phenoxy) is 2. The van der Waals surface area contributed by atoms with Crippen molar-refractivity contribution < 1.29 is 23.8 Å². The third-order valence-corrected chi connectivity index (χ3v) is 2.56. The van der Waals surface area contributed by atoms with Crippen LogP contribution in [0.25, 0.3) is 0 Å². The average molecular weight is 262 g/mol. The van der Waals surface area contributed by atoms with Crippen LogP contribution in [0.3, 0.4) is 0 Å². The molecule has 5 nitrogen and oxygen atoms in total. The maximum atomic E-state index is 11.2. The highest BCUT2D eigenvalue weighted by Gasteiger charge is 2.11. The third kappa shape index (κ3) is 3.14. The summed E-state index contributed by atoms with van der Waals surface area (Å²) in [6, 6.07) is 10.3. The Bertz CT molecular complexity index is 558. The number of hydrogen-bond donors (Lipinski definition) is 1. The highest BCUT2D eigenvalue weighted by atomic mass is 16.5. The molecule has 0 amide bonds. The number of carbonyl (C=O) groups excluding carboxylic acids is 1. The lowest BCUT2D eigenvalue weighted by molar-refractivity contribution is 0.0561. The number of benzene rings is 1. The summed E-state index contributed by atoms with van der Waals surface area (Å²) in [4.78, 5) is 11.2. The lowest BCUT2D eigenvalue weighted by atomic mass is 10.2. The van der Waals surface area contributed by atoms with E-state index in [0.717, 1.165) is 0 Å². The zero-order chi connectivity index (χ0) is 13.7. The fraction of sp³-hybridized carbons (Fsp3) is 0.214. The Labute approximate surface area is 110 Å². The van der Waals surface area contributed by atoms with E-state index in [1.54, 1.807) is 18.2 Å². The molecule has 0 radical (unpaired) electrons. The molecule has 0 saturated carbocycles. The Kier molecular flexibility index (Phi) is 4.20. The van der Waals surface area contributed by atoms with Crippen LogP contribution in [-0.4, -0.2) is 18.2 Å². The first kappa shape index (κ1) is 13.2. The van der Waals surface area contributed by atoms with Crippen LogP contribution >= 0.6 is 0 Å². The molecule has 100 valence electrons. The Morgan fingerprint density at radius 3 is 2.79 bits per heavy atom. The van der Waals surface area contributed by atoms with Crippen LogP contribution in [0, 0.1) is 0 Å². The van der Waals surface area contributed by atoms with Crippen LogP contribution in [0.4, 0.5) is 0 Å². The van der Waals surface area contributed by atoms with E-state index in [0.29, 0.717) is 17.1 Å². The number of methoxy groups -OCH3 is 1. The Morgan fingerprint density at radius 2 is 2.05 bits per heavy atom. The molecule has 5 heteroatoms. The number of carbonyl (C=O) groups is 1. The minimum absolute atomic E-state index is 0.0955. The molecule has 0 unspecified atom stereocenters. The van der Waals surface area contributed by atoms with Gasteiger partial charge in [-0.15, -0.1) is 0 Å². The van der Waals surface area contributed by atoms with Crippen molar-refractivity contribution in [3.63, 3.8) is 0 Å².